The van der Waals surface area contributed by atoms with Crippen LogP contribution in [0, 0.1) is 5.92 Å². The van der Waals surface area contributed by atoms with Crippen LogP contribution in [-0.2, 0) is 9.59 Å². The van der Waals surface area contributed by atoms with E-state index >= 15 is 0 Å². The van der Waals surface area contributed by atoms with E-state index in [0.29, 0.717) is 13.0 Å². The third-order valence-electron chi connectivity index (χ3n) is 4.54. The molecule has 21 heavy (non-hydrogen) atoms. The monoisotopic (exact) mass is 286 g/mol. The molecular weight excluding hydrogens is 264 g/mol. The molecule has 4 nitrogen and oxygen atoms in total. The van der Waals surface area contributed by atoms with Crippen molar-refractivity contribution in [3.05, 3.63) is 30.3 Å². The average Bonchev–Trinajstić information content (AvgIpc) is 2.91. The zero-order valence-corrected chi connectivity index (χ0v) is 12.3. The Morgan fingerprint density at radius 3 is 2.48 bits per heavy atom. The number of anilines is 1. The van der Waals surface area contributed by atoms with E-state index in [4.69, 9.17) is 0 Å². The van der Waals surface area contributed by atoms with Crippen LogP contribution in [0.5, 0.6) is 0 Å². The molecule has 1 aliphatic heterocycles. The summed E-state index contributed by atoms with van der Waals surface area (Å²) in [6, 6.07) is 9.86. The summed E-state index contributed by atoms with van der Waals surface area (Å²) in [6.45, 7) is 0.631. The van der Waals surface area contributed by atoms with Gasteiger partial charge in [-0.25, -0.2) is 0 Å². The molecule has 0 bridgehead atoms. The Morgan fingerprint density at radius 2 is 1.76 bits per heavy atom. The molecule has 0 radical (unpaired) electrons. The summed E-state index contributed by atoms with van der Waals surface area (Å²) in [7, 11) is 0. The summed E-state index contributed by atoms with van der Waals surface area (Å²) < 4.78 is 0. The highest BCUT2D eigenvalue weighted by molar-refractivity contribution is 6.09. The predicted octanol–water partition coefficient (Wildman–Crippen LogP) is 2.49. The van der Waals surface area contributed by atoms with Gasteiger partial charge in [-0.05, 0) is 31.4 Å². The fraction of sp³-hybridized carbons (Fsp3) is 0.529. The first kappa shape index (κ1) is 14.1. The first-order chi connectivity index (χ1) is 10.3. The summed E-state index contributed by atoms with van der Waals surface area (Å²) in [6.07, 6.45) is 6.34. The van der Waals surface area contributed by atoms with Crippen molar-refractivity contribution in [3.63, 3.8) is 0 Å². The maximum Gasteiger partial charge on any atom is 0.239 e. The van der Waals surface area contributed by atoms with Crippen LogP contribution < -0.4 is 10.2 Å². The maximum absolute atomic E-state index is 12.5. The zero-order valence-electron chi connectivity index (χ0n) is 12.3. The smallest absolute Gasteiger partial charge is 0.239 e. The lowest BCUT2D eigenvalue weighted by Crippen LogP contribution is -2.42. The van der Waals surface area contributed by atoms with E-state index in [0.717, 1.165) is 18.5 Å². The molecule has 0 spiro atoms. The van der Waals surface area contributed by atoms with Crippen molar-refractivity contribution in [1.82, 2.24) is 5.32 Å². The third-order valence-corrected chi connectivity index (χ3v) is 4.54. The molecule has 1 aromatic rings. The second-order valence-corrected chi connectivity index (χ2v) is 6.01. The zero-order chi connectivity index (χ0) is 14.7. The summed E-state index contributed by atoms with van der Waals surface area (Å²) in [4.78, 5) is 26.5. The minimum Gasteiger partial charge on any atom is -0.353 e. The lowest BCUT2D eigenvalue weighted by Gasteiger charge is -2.24. The fourth-order valence-corrected chi connectivity index (χ4v) is 3.34. The van der Waals surface area contributed by atoms with Gasteiger partial charge < -0.3 is 10.2 Å². The molecule has 1 atom stereocenters. The molecule has 4 heteroatoms. The Hall–Kier alpha value is -1.84. The predicted molar refractivity (Wildman–Crippen MR) is 81.9 cm³/mol. The highest BCUT2D eigenvalue weighted by Gasteiger charge is 2.38. The van der Waals surface area contributed by atoms with Crippen molar-refractivity contribution in [2.75, 3.05) is 11.4 Å². The van der Waals surface area contributed by atoms with Crippen molar-refractivity contribution in [2.45, 2.75) is 44.6 Å². The number of benzene rings is 1. The average molecular weight is 286 g/mol. The van der Waals surface area contributed by atoms with E-state index in [1.165, 1.54) is 19.3 Å². The van der Waals surface area contributed by atoms with Gasteiger partial charge in [0.05, 0.1) is 0 Å². The minimum absolute atomic E-state index is 0.0606. The summed E-state index contributed by atoms with van der Waals surface area (Å²) >= 11 is 0. The topological polar surface area (TPSA) is 49.4 Å². The molecule has 1 saturated heterocycles. The largest absolute Gasteiger partial charge is 0.353 e. The van der Waals surface area contributed by atoms with Gasteiger partial charge in [-0.15, -0.1) is 0 Å². The van der Waals surface area contributed by atoms with Crippen LogP contribution in [0.25, 0.3) is 0 Å². The quantitative estimate of drug-likeness (QED) is 0.868. The fourth-order valence-electron chi connectivity index (χ4n) is 3.34. The van der Waals surface area contributed by atoms with Gasteiger partial charge in [0.1, 0.15) is 5.92 Å². The highest BCUT2D eigenvalue weighted by atomic mass is 16.2. The van der Waals surface area contributed by atoms with E-state index in [9.17, 15) is 9.59 Å². The maximum atomic E-state index is 12.5. The molecule has 1 aliphatic carbocycles. The highest BCUT2D eigenvalue weighted by Crippen LogP contribution is 2.26. The molecule has 1 unspecified atom stereocenters. The van der Waals surface area contributed by atoms with Gasteiger partial charge in [-0.3, -0.25) is 9.59 Å². The Labute approximate surface area is 125 Å². The number of hydrogen-bond acceptors (Lipinski definition) is 2. The van der Waals surface area contributed by atoms with Crippen molar-refractivity contribution in [3.8, 4) is 0 Å². The van der Waals surface area contributed by atoms with Crippen molar-refractivity contribution >= 4 is 17.5 Å². The minimum atomic E-state index is -0.507. The molecule has 3 rings (SSSR count). The Balaban J connectivity index is 1.62. The van der Waals surface area contributed by atoms with Crippen LogP contribution in [0.4, 0.5) is 5.69 Å². The van der Waals surface area contributed by atoms with E-state index in [1.807, 2.05) is 30.3 Å². The van der Waals surface area contributed by atoms with Crippen LogP contribution in [0.15, 0.2) is 30.3 Å². The third kappa shape index (κ3) is 3.09. The second kappa shape index (κ2) is 6.29. The molecule has 1 heterocycles. The number of nitrogens with zero attached hydrogens (tertiary/aromatic N) is 1. The standard InChI is InChI=1S/C17H22N2O2/c20-16(18-13-7-3-1-4-8-13)15-11-12-19(17(15)21)14-9-5-2-6-10-14/h2,5-6,9-10,13,15H,1,3-4,7-8,11-12H2,(H,18,20). The number of rotatable bonds is 3. The van der Waals surface area contributed by atoms with Crippen LogP contribution in [0.2, 0.25) is 0 Å². The molecule has 112 valence electrons. The number of carbonyl (C=O) groups excluding carboxylic acids is 2. The van der Waals surface area contributed by atoms with E-state index in [-0.39, 0.29) is 17.9 Å². The molecule has 2 amide bonds. The summed E-state index contributed by atoms with van der Waals surface area (Å²) in [5.41, 5.74) is 0.885. The van der Waals surface area contributed by atoms with Gasteiger partial charge in [0.15, 0.2) is 0 Å². The molecule has 1 aromatic carbocycles. The number of hydrogen-bond donors (Lipinski definition) is 1. The van der Waals surface area contributed by atoms with Gasteiger partial charge in [0, 0.05) is 18.3 Å². The molecule has 0 aromatic heterocycles. The molecular formula is C17H22N2O2. The summed E-state index contributed by atoms with van der Waals surface area (Å²) in [5, 5.41) is 3.08. The lowest BCUT2D eigenvalue weighted by molar-refractivity contribution is -0.132. The van der Waals surface area contributed by atoms with Crippen LogP contribution in [0.1, 0.15) is 38.5 Å². The summed E-state index contributed by atoms with van der Waals surface area (Å²) in [5.74, 6) is -0.646. The van der Waals surface area contributed by atoms with Crippen molar-refractivity contribution in [1.29, 1.82) is 0 Å². The molecule has 1 saturated carbocycles. The number of amides is 2. The Morgan fingerprint density at radius 1 is 1.05 bits per heavy atom. The van der Waals surface area contributed by atoms with Crippen LogP contribution in [0.3, 0.4) is 0 Å². The molecule has 1 N–H and O–H groups in total. The SMILES string of the molecule is O=C(NC1CCCCC1)C1CCN(c2ccccc2)C1=O. The molecule has 2 aliphatic rings. The van der Waals surface area contributed by atoms with Crippen molar-refractivity contribution in [2.24, 2.45) is 5.92 Å². The number of para-hydroxylation sites is 1. The van der Waals surface area contributed by atoms with E-state index in [2.05, 4.69) is 5.32 Å². The first-order valence-corrected chi connectivity index (χ1v) is 7.92. The number of carbonyl (C=O) groups is 2. The van der Waals surface area contributed by atoms with Gasteiger partial charge in [-0.2, -0.15) is 0 Å². The molecule has 2 fully saturated rings. The Bertz CT molecular complexity index is 509. The first-order valence-electron chi connectivity index (χ1n) is 7.92. The van der Waals surface area contributed by atoms with Gasteiger partial charge in [0.25, 0.3) is 0 Å². The lowest BCUT2D eigenvalue weighted by atomic mass is 9.94. The van der Waals surface area contributed by atoms with Crippen molar-refractivity contribution < 1.29 is 9.59 Å². The van der Waals surface area contributed by atoms with Crippen LogP contribution in [-0.4, -0.2) is 24.4 Å². The normalized spacial score (nSPS) is 23.3. The van der Waals surface area contributed by atoms with E-state index < -0.39 is 5.92 Å². The van der Waals surface area contributed by atoms with Gasteiger partial charge in [-0.1, -0.05) is 37.5 Å². The van der Waals surface area contributed by atoms with Gasteiger partial charge >= 0.3 is 0 Å². The number of nitrogens with one attached hydrogen (secondary N) is 1. The Kier molecular flexibility index (Phi) is 4.23. The van der Waals surface area contributed by atoms with E-state index in [1.54, 1.807) is 4.90 Å². The second-order valence-electron chi connectivity index (χ2n) is 6.01. The van der Waals surface area contributed by atoms with Crippen LogP contribution >= 0.6 is 0 Å². The van der Waals surface area contributed by atoms with Gasteiger partial charge in [0.2, 0.25) is 11.8 Å².